The Hall–Kier alpha value is -3.15. The zero-order valence-corrected chi connectivity index (χ0v) is 17.2. The van der Waals surface area contributed by atoms with E-state index >= 15 is 0 Å². The number of ether oxygens (including phenoxy) is 2. The van der Waals surface area contributed by atoms with E-state index in [2.05, 4.69) is 5.32 Å². The van der Waals surface area contributed by atoms with Gasteiger partial charge in [-0.2, -0.15) is 0 Å². The molecule has 0 heterocycles. The van der Waals surface area contributed by atoms with Crippen LogP contribution in [0.5, 0.6) is 5.75 Å². The van der Waals surface area contributed by atoms with Gasteiger partial charge in [-0.15, -0.1) is 0 Å². The molecule has 0 bridgehead atoms. The van der Waals surface area contributed by atoms with E-state index in [1.54, 1.807) is 42.5 Å². The SMILES string of the molecule is CCOc1ccc(C(C)=O)cc1COC(=O)[C@@H](NC(=O)c1ccccc1)C(C)C. The Morgan fingerprint density at radius 1 is 1.00 bits per heavy atom. The van der Waals surface area contributed by atoms with Gasteiger partial charge in [0.1, 0.15) is 18.4 Å². The molecule has 29 heavy (non-hydrogen) atoms. The fourth-order valence-electron chi connectivity index (χ4n) is 2.76. The first-order valence-electron chi connectivity index (χ1n) is 9.62. The molecule has 0 aliphatic rings. The van der Waals surface area contributed by atoms with Gasteiger partial charge >= 0.3 is 5.97 Å². The number of hydrogen-bond donors (Lipinski definition) is 1. The molecule has 1 amide bonds. The van der Waals surface area contributed by atoms with E-state index < -0.39 is 12.0 Å². The summed E-state index contributed by atoms with van der Waals surface area (Å²) in [5.74, 6) is -0.574. The first-order valence-corrected chi connectivity index (χ1v) is 9.62. The van der Waals surface area contributed by atoms with Gasteiger partial charge in [-0.1, -0.05) is 32.0 Å². The molecule has 6 nitrogen and oxygen atoms in total. The summed E-state index contributed by atoms with van der Waals surface area (Å²) in [6.45, 7) is 7.38. The maximum absolute atomic E-state index is 12.7. The van der Waals surface area contributed by atoms with Crippen LogP contribution in [-0.2, 0) is 16.1 Å². The van der Waals surface area contributed by atoms with Crippen LogP contribution in [-0.4, -0.2) is 30.3 Å². The normalized spacial score (nSPS) is 11.6. The molecule has 0 saturated carbocycles. The maximum Gasteiger partial charge on any atom is 0.329 e. The van der Waals surface area contributed by atoms with Gasteiger partial charge in [0.25, 0.3) is 5.91 Å². The number of ketones is 1. The van der Waals surface area contributed by atoms with Crippen LogP contribution in [0.2, 0.25) is 0 Å². The third-order valence-corrected chi connectivity index (χ3v) is 4.38. The summed E-state index contributed by atoms with van der Waals surface area (Å²) in [6.07, 6.45) is 0. The van der Waals surface area contributed by atoms with Gasteiger partial charge in [0.05, 0.1) is 6.61 Å². The fourth-order valence-corrected chi connectivity index (χ4v) is 2.76. The molecular formula is C23H27NO5. The smallest absolute Gasteiger partial charge is 0.329 e. The fraction of sp³-hybridized carbons (Fsp3) is 0.348. The zero-order valence-electron chi connectivity index (χ0n) is 17.2. The molecular weight excluding hydrogens is 370 g/mol. The number of Topliss-reactive ketones (excluding diaryl/α,β-unsaturated/α-hetero) is 1. The van der Waals surface area contributed by atoms with Crippen LogP contribution >= 0.6 is 0 Å². The highest BCUT2D eigenvalue weighted by Crippen LogP contribution is 2.22. The van der Waals surface area contributed by atoms with Gasteiger partial charge in [0, 0.05) is 16.7 Å². The van der Waals surface area contributed by atoms with E-state index in [4.69, 9.17) is 9.47 Å². The number of nitrogens with one attached hydrogen (secondary N) is 1. The van der Waals surface area contributed by atoms with Gasteiger partial charge < -0.3 is 14.8 Å². The van der Waals surface area contributed by atoms with Crippen molar-refractivity contribution in [2.45, 2.75) is 40.3 Å². The lowest BCUT2D eigenvalue weighted by Gasteiger charge is -2.21. The molecule has 1 atom stereocenters. The van der Waals surface area contributed by atoms with Crippen molar-refractivity contribution < 1.29 is 23.9 Å². The molecule has 0 fully saturated rings. The van der Waals surface area contributed by atoms with Crippen molar-refractivity contribution in [1.29, 1.82) is 0 Å². The number of benzene rings is 2. The number of carbonyl (C=O) groups excluding carboxylic acids is 3. The topological polar surface area (TPSA) is 81.7 Å². The summed E-state index contributed by atoms with van der Waals surface area (Å²) in [5.41, 5.74) is 1.58. The molecule has 0 aromatic heterocycles. The van der Waals surface area contributed by atoms with Gasteiger partial charge in [-0.05, 0) is 50.1 Å². The van der Waals surface area contributed by atoms with E-state index in [0.717, 1.165) is 0 Å². The molecule has 0 spiro atoms. The van der Waals surface area contributed by atoms with E-state index in [1.807, 2.05) is 26.8 Å². The lowest BCUT2D eigenvalue weighted by atomic mass is 10.0. The van der Waals surface area contributed by atoms with Crippen molar-refractivity contribution in [2.24, 2.45) is 5.92 Å². The Labute approximate surface area is 171 Å². The van der Waals surface area contributed by atoms with Crippen LogP contribution in [0.1, 0.15) is 54.0 Å². The summed E-state index contributed by atoms with van der Waals surface area (Å²) in [7, 11) is 0. The average Bonchev–Trinajstić information content (AvgIpc) is 2.71. The minimum absolute atomic E-state index is 0.0558. The van der Waals surface area contributed by atoms with Crippen molar-refractivity contribution >= 4 is 17.7 Å². The summed E-state index contributed by atoms with van der Waals surface area (Å²) < 4.78 is 11.0. The summed E-state index contributed by atoms with van der Waals surface area (Å²) in [5, 5.41) is 2.74. The Balaban J connectivity index is 2.11. The second-order valence-electron chi connectivity index (χ2n) is 6.98. The van der Waals surface area contributed by atoms with E-state index in [1.165, 1.54) is 6.92 Å². The Kier molecular flexibility index (Phi) is 7.95. The van der Waals surface area contributed by atoms with Gasteiger partial charge in [0.15, 0.2) is 5.78 Å². The van der Waals surface area contributed by atoms with Crippen LogP contribution in [0.4, 0.5) is 0 Å². The highest BCUT2D eigenvalue weighted by atomic mass is 16.5. The minimum Gasteiger partial charge on any atom is -0.493 e. The van der Waals surface area contributed by atoms with Crippen molar-refractivity contribution in [3.8, 4) is 5.75 Å². The zero-order chi connectivity index (χ0) is 21.4. The van der Waals surface area contributed by atoms with Gasteiger partial charge in [-0.25, -0.2) is 4.79 Å². The monoisotopic (exact) mass is 397 g/mol. The van der Waals surface area contributed by atoms with Crippen molar-refractivity contribution in [1.82, 2.24) is 5.32 Å². The molecule has 6 heteroatoms. The molecule has 154 valence electrons. The Morgan fingerprint density at radius 3 is 2.28 bits per heavy atom. The molecule has 0 saturated heterocycles. The lowest BCUT2D eigenvalue weighted by Crippen LogP contribution is -2.45. The molecule has 0 aliphatic heterocycles. The molecule has 0 unspecified atom stereocenters. The van der Waals surface area contributed by atoms with Crippen LogP contribution in [0.3, 0.4) is 0 Å². The maximum atomic E-state index is 12.7. The average molecular weight is 397 g/mol. The molecule has 1 N–H and O–H groups in total. The Morgan fingerprint density at radius 2 is 1.69 bits per heavy atom. The van der Waals surface area contributed by atoms with E-state index in [0.29, 0.717) is 29.0 Å². The summed E-state index contributed by atoms with van der Waals surface area (Å²) in [6, 6.07) is 12.9. The lowest BCUT2D eigenvalue weighted by molar-refractivity contribution is -0.148. The van der Waals surface area contributed by atoms with Gasteiger partial charge in [-0.3, -0.25) is 9.59 Å². The minimum atomic E-state index is -0.797. The van der Waals surface area contributed by atoms with E-state index in [9.17, 15) is 14.4 Å². The van der Waals surface area contributed by atoms with Crippen LogP contribution in [0.25, 0.3) is 0 Å². The largest absolute Gasteiger partial charge is 0.493 e. The summed E-state index contributed by atoms with van der Waals surface area (Å²) >= 11 is 0. The molecule has 2 aromatic rings. The first-order chi connectivity index (χ1) is 13.8. The highest BCUT2D eigenvalue weighted by Gasteiger charge is 2.26. The third-order valence-electron chi connectivity index (χ3n) is 4.38. The van der Waals surface area contributed by atoms with Crippen molar-refractivity contribution in [3.63, 3.8) is 0 Å². The quantitative estimate of drug-likeness (QED) is 0.514. The predicted octanol–water partition coefficient (Wildman–Crippen LogP) is 3.79. The summed E-state index contributed by atoms with van der Waals surface area (Å²) in [4.78, 5) is 36.8. The van der Waals surface area contributed by atoms with Crippen LogP contribution in [0, 0.1) is 5.92 Å². The van der Waals surface area contributed by atoms with Crippen molar-refractivity contribution in [3.05, 3.63) is 65.2 Å². The van der Waals surface area contributed by atoms with Crippen molar-refractivity contribution in [2.75, 3.05) is 6.61 Å². The number of rotatable bonds is 9. The highest BCUT2D eigenvalue weighted by molar-refractivity contribution is 5.97. The van der Waals surface area contributed by atoms with Crippen LogP contribution in [0.15, 0.2) is 48.5 Å². The number of esters is 1. The predicted molar refractivity (Wildman–Crippen MR) is 110 cm³/mol. The molecule has 0 radical (unpaired) electrons. The standard InChI is InChI=1S/C23H27NO5/c1-5-28-20-12-11-18(16(4)25)13-19(20)14-29-23(27)21(15(2)3)24-22(26)17-9-7-6-8-10-17/h6-13,15,21H,5,14H2,1-4H3,(H,24,26)/t21-/m0/s1. The number of amides is 1. The first kappa shape index (κ1) is 22.1. The molecule has 2 rings (SSSR count). The van der Waals surface area contributed by atoms with Crippen LogP contribution < -0.4 is 10.1 Å². The van der Waals surface area contributed by atoms with E-state index in [-0.39, 0.29) is 24.2 Å². The third kappa shape index (κ3) is 6.17. The molecule has 0 aliphatic carbocycles. The second-order valence-corrected chi connectivity index (χ2v) is 6.98. The second kappa shape index (κ2) is 10.4. The number of carbonyl (C=O) groups is 3. The van der Waals surface area contributed by atoms with Gasteiger partial charge in [0.2, 0.25) is 0 Å². The Bertz CT molecular complexity index is 861. The molecule has 2 aromatic carbocycles. The number of hydrogen-bond acceptors (Lipinski definition) is 5.